The molecule has 0 saturated carbocycles. The molecule has 0 amide bonds. The van der Waals surface area contributed by atoms with E-state index in [9.17, 15) is 15.0 Å². The summed E-state index contributed by atoms with van der Waals surface area (Å²) in [4.78, 5) is 15.0. The Hall–Kier alpha value is -2.05. The van der Waals surface area contributed by atoms with Crippen molar-refractivity contribution in [3.05, 3.63) is 29.0 Å². The highest BCUT2D eigenvalue weighted by atomic mass is 16.5. The molecule has 132 valence electrons. The van der Waals surface area contributed by atoms with Gasteiger partial charge < -0.3 is 25.3 Å². The third-order valence-electron chi connectivity index (χ3n) is 3.88. The van der Waals surface area contributed by atoms with Gasteiger partial charge in [-0.05, 0) is 51.8 Å². The van der Waals surface area contributed by atoms with Crippen molar-refractivity contribution < 1.29 is 19.7 Å². The average molecular weight is 334 g/mol. The molecule has 1 aromatic heterocycles. The second-order valence-electron chi connectivity index (χ2n) is 6.92. The molecule has 1 heterocycles. The summed E-state index contributed by atoms with van der Waals surface area (Å²) in [6.07, 6.45) is -0.767. The van der Waals surface area contributed by atoms with Crippen LogP contribution in [0.4, 0.5) is 0 Å². The average Bonchev–Trinajstić information content (AvgIpc) is 2.84. The molecule has 0 aliphatic heterocycles. The number of aliphatic hydroxyl groups excluding tert-OH is 1. The Bertz CT molecular complexity index is 744. The van der Waals surface area contributed by atoms with Gasteiger partial charge in [-0.2, -0.15) is 0 Å². The Kier molecular flexibility index (Phi) is 5.20. The van der Waals surface area contributed by atoms with E-state index in [2.05, 4.69) is 10.3 Å². The first kappa shape index (κ1) is 18.3. The second-order valence-corrected chi connectivity index (χ2v) is 6.92. The summed E-state index contributed by atoms with van der Waals surface area (Å²) in [5.74, 6) is -0.442. The van der Waals surface area contributed by atoms with E-state index in [0.29, 0.717) is 34.3 Å². The van der Waals surface area contributed by atoms with Crippen LogP contribution in [0.2, 0.25) is 0 Å². The SMILES string of the molecule is CCOC(=O)c1[nH]c2c(O)ccc(C(O)CNC(C)(C)C)c2c1C. The number of aromatic hydroxyl groups is 1. The number of H-pyrrole nitrogens is 1. The van der Waals surface area contributed by atoms with Gasteiger partial charge in [-0.1, -0.05) is 6.07 Å². The van der Waals surface area contributed by atoms with Gasteiger partial charge in [0.05, 0.1) is 18.2 Å². The molecule has 0 spiro atoms. The van der Waals surface area contributed by atoms with Gasteiger partial charge in [-0.15, -0.1) is 0 Å². The number of aryl methyl sites for hydroxylation is 1. The molecule has 24 heavy (non-hydrogen) atoms. The Balaban J connectivity index is 2.48. The number of hydrogen-bond acceptors (Lipinski definition) is 5. The van der Waals surface area contributed by atoms with Gasteiger partial charge in [0, 0.05) is 17.5 Å². The molecule has 0 radical (unpaired) electrons. The first-order chi connectivity index (χ1) is 11.2. The first-order valence-electron chi connectivity index (χ1n) is 8.10. The number of carbonyl (C=O) groups excluding carboxylic acids is 1. The van der Waals surface area contributed by atoms with Crippen molar-refractivity contribution >= 4 is 16.9 Å². The number of ether oxygens (including phenoxy) is 1. The summed E-state index contributed by atoms with van der Waals surface area (Å²) in [6, 6.07) is 3.20. The maximum absolute atomic E-state index is 12.1. The van der Waals surface area contributed by atoms with Gasteiger partial charge in [0.1, 0.15) is 11.4 Å². The van der Waals surface area contributed by atoms with Crippen LogP contribution in [0.3, 0.4) is 0 Å². The number of β-amino-alcohol motifs (C(OH)–C–C–N with tert-alkyl or cyclic N) is 1. The van der Waals surface area contributed by atoms with Crippen LogP contribution in [0, 0.1) is 6.92 Å². The monoisotopic (exact) mass is 334 g/mol. The highest BCUT2D eigenvalue weighted by Crippen LogP contribution is 2.34. The van der Waals surface area contributed by atoms with Crippen molar-refractivity contribution in [2.45, 2.75) is 46.3 Å². The number of aromatic amines is 1. The second kappa shape index (κ2) is 6.83. The third kappa shape index (κ3) is 3.71. The fraction of sp³-hybridized carbons (Fsp3) is 0.500. The van der Waals surface area contributed by atoms with E-state index < -0.39 is 12.1 Å². The summed E-state index contributed by atoms with van der Waals surface area (Å²) < 4.78 is 5.04. The van der Waals surface area contributed by atoms with E-state index in [-0.39, 0.29) is 17.9 Å². The molecule has 0 saturated heterocycles. The number of carbonyl (C=O) groups is 1. The normalized spacial score (nSPS) is 13.2. The first-order valence-corrected chi connectivity index (χ1v) is 8.10. The van der Waals surface area contributed by atoms with Crippen molar-refractivity contribution in [2.75, 3.05) is 13.2 Å². The minimum atomic E-state index is -0.767. The highest BCUT2D eigenvalue weighted by Gasteiger charge is 2.23. The zero-order chi connectivity index (χ0) is 18.1. The molecule has 1 atom stereocenters. The number of aromatic nitrogens is 1. The molecular formula is C18H26N2O4. The zero-order valence-electron chi connectivity index (χ0n) is 14.9. The summed E-state index contributed by atoms with van der Waals surface area (Å²) >= 11 is 0. The van der Waals surface area contributed by atoms with Crippen molar-refractivity contribution in [2.24, 2.45) is 0 Å². The van der Waals surface area contributed by atoms with Crippen LogP contribution in [-0.4, -0.2) is 39.9 Å². The van der Waals surface area contributed by atoms with Crippen LogP contribution in [0.1, 0.15) is 55.4 Å². The van der Waals surface area contributed by atoms with Crippen LogP contribution in [0.5, 0.6) is 5.75 Å². The van der Waals surface area contributed by atoms with Crippen molar-refractivity contribution in [3.8, 4) is 5.75 Å². The minimum absolute atomic E-state index is 0.0309. The lowest BCUT2D eigenvalue weighted by Crippen LogP contribution is -2.38. The Morgan fingerprint density at radius 3 is 2.62 bits per heavy atom. The van der Waals surface area contributed by atoms with Gasteiger partial charge in [0.25, 0.3) is 0 Å². The van der Waals surface area contributed by atoms with Gasteiger partial charge in [0.2, 0.25) is 0 Å². The number of rotatable bonds is 5. The smallest absolute Gasteiger partial charge is 0.355 e. The fourth-order valence-corrected chi connectivity index (χ4v) is 2.68. The van der Waals surface area contributed by atoms with Crippen molar-refractivity contribution in [3.63, 3.8) is 0 Å². The maximum Gasteiger partial charge on any atom is 0.355 e. The molecule has 1 unspecified atom stereocenters. The summed E-state index contributed by atoms with van der Waals surface area (Å²) in [6.45, 7) is 10.2. The number of phenolic OH excluding ortho intramolecular Hbond substituents is 1. The lowest BCUT2D eigenvalue weighted by Gasteiger charge is -2.23. The van der Waals surface area contributed by atoms with Crippen molar-refractivity contribution in [1.29, 1.82) is 0 Å². The zero-order valence-corrected chi connectivity index (χ0v) is 14.9. The van der Waals surface area contributed by atoms with E-state index in [1.54, 1.807) is 19.9 Å². The highest BCUT2D eigenvalue weighted by molar-refractivity contribution is 6.01. The molecule has 0 fully saturated rings. The molecule has 0 aliphatic carbocycles. The lowest BCUT2D eigenvalue weighted by molar-refractivity contribution is 0.0519. The summed E-state index contributed by atoms with van der Waals surface area (Å²) in [5, 5.41) is 24.6. The molecule has 6 nitrogen and oxygen atoms in total. The molecule has 0 bridgehead atoms. The number of esters is 1. The molecule has 2 aromatic rings. The minimum Gasteiger partial charge on any atom is -0.506 e. The molecule has 4 N–H and O–H groups in total. The quantitative estimate of drug-likeness (QED) is 0.631. The molecular weight excluding hydrogens is 308 g/mol. The Morgan fingerprint density at radius 1 is 1.38 bits per heavy atom. The van der Waals surface area contributed by atoms with E-state index in [1.807, 2.05) is 20.8 Å². The molecule has 2 rings (SSSR count). The van der Waals surface area contributed by atoms with Gasteiger partial charge >= 0.3 is 5.97 Å². The number of nitrogens with one attached hydrogen (secondary N) is 2. The van der Waals surface area contributed by atoms with Crippen LogP contribution < -0.4 is 5.32 Å². The standard InChI is InChI=1S/C18H26N2O4/c1-6-24-17(23)15-10(2)14-11(7-8-12(21)16(14)20-15)13(22)9-19-18(3,4)5/h7-8,13,19-22H,6,9H2,1-5H3. The van der Waals surface area contributed by atoms with Gasteiger partial charge in [0.15, 0.2) is 0 Å². The van der Waals surface area contributed by atoms with E-state index in [0.717, 1.165) is 0 Å². The molecule has 1 aromatic carbocycles. The number of aliphatic hydroxyl groups is 1. The van der Waals surface area contributed by atoms with Crippen LogP contribution in [0.25, 0.3) is 10.9 Å². The number of phenols is 1. The van der Waals surface area contributed by atoms with Crippen LogP contribution >= 0.6 is 0 Å². The van der Waals surface area contributed by atoms with Crippen molar-refractivity contribution in [1.82, 2.24) is 10.3 Å². The van der Waals surface area contributed by atoms with E-state index in [1.165, 1.54) is 6.07 Å². The number of hydrogen-bond donors (Lipinski definition) is 4. The largest absolute Gasteiger partial charge is 0.506 e. The predicted octanol–water partition coefficient (Wildman–Crippen LogP) is 2.78. The fourth-order valence-electron chi connectivity index (χ4n) is 2.68. The Labute approximate surface area is 141 Å². The topological polar surface area (TPSA) is 94.6 Å². The Morgan fingerprint density at radius 2 is 2.04 bits per heavy atom. The lowest BCUT2D eigenvalue weighted by atomic mass is 9.99. The van der Waals surface area contributed by atoms with E-state index in [4.69, 9.17) is 4.74 Å². The third-order valence-corrected chi connectivity index (χ3v) is 3.88. The summed E-state index contributed by atoms with van der Waals surface area (Å²) in [5.41, 5.74) is 1.92. The van der Waals surface area contributed by atoms with E-state index >= 15 is 0 Å². The maximum atomic E-state index is 12.1. The molecule has 0 aliphatic rings. The summed E-state index contributed by atoms with van der Waals surface area (Å²) in [7, 11) is 0. The molecule has 6 heteroatoms. The van der Waals surface area contributed by atoms with Gasteiger partial charge in [-0.25, -0.2) is 4.79 Å². The number of fused-ring (bicyclic) bond motifs is 1. The predicted molar refractivity (Wildman–Crippen MR) is 93.4 cm³/mol. The van der Waals surface area contributed by atoms with Crippen LogP contribution in [-0.2, 0) is 4.74 Å². The van der Waals surface area contributed by atoms with Crippen LogP contribution in [0.15, 0.2) is 12.1 Å². The van der Waals surface area contributed by atoms with Gasteiger partial charge in [-0.3, -0.25) is 0 Å². The number of benzene rings is 1.